The van der Waals surface area contributed by atoms with E-state index < -0.39 is 0 Å². The van der Waals surface area contributed by atoms with Crippen LogP contribution in [-0.4, -0.2) is 67.4 Å². The summed E-state index contributed by atoms with van der Waals surface area (Å²) in [6.07, 6.45) is 2.22. The fraction of sp³-hybridized carbons (Fsp3) is 0.571. The number of nitrogens with zero attached hydrogens (tertiary/aromatic N) is 3. The summed E-state index contributed by atoms with van der Waals surface area (Å²) in [5.74, 6) is 0.710. The summed E-state index contributed by atoms with van der Waals surface area (Å²) in [7, 11) is 1.58. The number of amides is 3. The van der Waals surface area contributed by atoms with Crippen LogP contribution < -0.4 is 9.64 Å². The van der Waals surface area contributed by atoms with Gasteiger partial charge in [0.05, 0.1) is 18.7 Å². The molecule has 3 amide bonds. The summed E-state index contributed by atoms with van der Waals surface area (Å²) < 4.78 is 5.41. The van der Waals surface area contributed by atoms with Crippen LogP contribution in [0.25, 0.3) is 0 Å². The second-order valence-corrected chi connectivity index (χ2v) is 8.01. The van der Waals surface area contributed by atoms with Crippen LogP contribution in [0, 0.1) is 18.8 Å². The lowest BCUT2D eigenvalue weighted by Gasteiger charge is -2.36. The van der Waals surface area contributed by atoms with Crippen LogP contribution >= 0.6 is 0 Å². The Balaban J connectivity index is 1.39. The molecule has 28 heavy (non-hydrogen) atoms. The lowest BCUT2D eigenvalue weighted by molar-refractivity contribution is -0.142. The molecule has 3 aliphatic rings. The van der Waals surface area contributed by atoms with E-state index in [2.05, 4.69) is 0 Å². The van der Waals surface area contributed by atoms with E-state index in [1.54, 1.807) is 12.0 Å². The molecule has 0 N–H and O–H groups in total. The Morgan fingerprint density at radius 1 is 1.00 bits per heavy atom. The highest BCUT2D eigenvalue weighted by Crippen LogP contribution is 2.35. The van der Waals surface area contributed by atoms with E-state index in [4.69, 9.17) is 4.74 Å². The van der Waals surface area contributed by atoms with E-state index in [-0.39, 0.29) is 36.0 Å². The number of ether oxygens (including phenoxy) is 1. The van der Waals surface area contributed by atoms with Gasteiger partial charge in [0.2, 0.25) is 17.7 Å². The Morgan fingerprint density at radius 3 is 2.18 bits per heavy atom. The van der Waals surface area contributed by atoms with Gasteiger partial charge in [-0.3, -0.25) is 14.4 Å². The van der Waals surface area contributed by atoms with E-state index in [1.165, 1.54) is 0 Å². The maximum atomic E-state index is 13.0. The quantitative estimate of drug-likeness (QED) is 0.786. The summed E-state index contributed by atoms with van der Waals surface area (Å²) in [4.78, 5) is 43.1. The third-order valence-corrected chi connectivity index (χ3v) is 5.93. The minimum absolute atomic E-state index is 0.0148. The highest BCUT2D eigenvalue weighted by atomic mass is 16.5. The van der Waals surface area contributed by atoms with Crippen LogP contribution in [0.5, 0.6) is 5.75 Å². The molecule has 2 aliphatic heterocycles. The van der Waals surface area contributed by atoms with Crippen molar-refractivity contribution in [2.24, 2.45) is 11.8 Å². The normalized spacial score (nSPS) is 22.6. The van der Waals surface area contributed by atoms with Crippen molar-refractivity contribution in [3.8, 4) is 5.75 Å². The second kappa shape index (κ2) is 7.45. The van der Waals surface area contributed by atoms with Crippen molar-refractivity contribution in [2.45, 2.75) is 26.2 Å². The first kappa shape index (κ1) is 18.8. The number of hydrogen-bond acceptors (Lipinski definition) is 4. The van der Waals surface area contributed by atoms with Gasteiger partial charge in [-0.05, 0) is 37.5 Å². The van der Waals surface area contributed by atoms with Crippen LogP contribution in [0.1, 0.15) is 24.8 Å². The van der Waals surface area contributed by atoms with Gasteiger partial charge in [0, 0.05) is 45.1 Å². The molecule has 1 atom stereocenters. The predicted molar refractivity (Wildman–Crippen MR) is 104 cm³/mol. The number of piperazine rings is 1. The molecule has 1 aromatic rings. The molecule has 1 saturated carbocycles. The molecule has 0 bridgehead atoms. The number of benzene rings is 1. The lowest BCUT2D eigenvalue weighted by Crippen LogP contribution is -2.52. The fourth-order valence-electron chi connectivity index (χ4n) is 4.11. The molecule has 0 radical (unpaired) electrons. The molecule has 150 valence electrons. The van der Waals surface area contributed by atoms with Crippen LogP contribution in [0.4, 0.5) is 5.69 Å². The molecule has 0 spiro atoms. The first-order valence-electron chi connectivity index (χ1n) is 10.0. The van der Waals surface area contributed by atoms with Crippen molar-refractivity contribution < 1.29 is 19.1 Å². The molecule has 7 nitrogen and oxygen atoms in total. The Hall–Kier alpha value is -2.57. The topological polar surface area (TPSA) is 70.2 Å². The Kier molecular flexibility index (Phi) is 5.00. The van der Waals surface area contributed by atoms with Crippen LogP contribution in [0.2, 0.25) is 0 Å². The van der Waals surface area contributed by atoms with Gasteiger partial charge in [-0.1, -0.05) is 6.07 Å². The minimum atomic E-state index is -0.344. The predicted octanol–water partition coefficient (Wildman–Crippen LogP) is 1.44. The molecule has 1 aromatic carbocycles. The Labute approximate surface area is 165 Å². The molecule has 4 rings (SSSR count). The Bertz CT molecular complexity index is 797. The third-order valence-electron chi connectivity index (χ3n) is 5.93. The number of rotatable bonds is 4. The molecule has 1 unspecified atom stereocenters. The SMILES string of the molecule is COc1ccc(C)cc1N1CC(C(=O)N2CCN(C(=O)C3CC3)CC2)CC1=O. The molecule has 0 aromatic heterocycles. The summed E-state index contributed by atoms with van der Waals surface area (Å²) in [5.41, 5.74) is 1.76. The zero-order valence-electron chi connectivity index (χ0n) is 16.5. The zero-order chi connectivity index (χ0) is 19.8. The number of aryl methyl sites for hydroxylation is 1. The van der Waals surface area contributed by atoms with Gasteiger partial charge in [0.1, 0.15) is 5.75 Å². The van der Waals surface area contributed by atoms with Crippen molar-refractivity contribution in [3.05, 3.63) is 23.8 Å². The number of anilines is 1. The van der Waals surface area contributed by atoms with Gasteiger partial charge in [0.25, 0.3) is 0 Å². The molecule has 3 fully saturated rings. The molecule has 7 heteroatoms. The maximum Gasteiger partial charge on any atom is 0.228 e. The van der Waals surface area contributed by atoms with Crippen LogP contribution in [-0.2, 0) is 14.4 Å². The van der Waals surface area contributed by atoms with E-state index in [0.29, 0.717) is 38.5 Å². The van der Waals surface area contributed by atoms with Gasteiger partial charge in [-0.15, -0.1) is 0 Å². The molecule has 2 saturated heterocycles. The standard InChI is InChI=1S/C21H27N3O4/c1-14-3-6-18(28-2)17(11-14)24-13-16(12-19(24)25)21(27)23-9-7-22(8-10-23)20(26)15-4-5-15/h3,6,11,15-16H,4-5,7-10,12-13H2,1-2H3. The largest absolute Gasteiger partial charge is 0.495 e. The van der Waals surface area contributed by atoms with E-state index in [9.17, 15) is 14.4 Å². The van der Waals surface area contributed by atoms with Gasteiger partial charge >= 0.3 is 0 Å². The summed E-state index contributed by atoms with van der Waals surface area (Å²) in [6, 6.07) is 5.71. The van der Waals surface area contributed by atoms with Gasteiger partial charge in [0.15, 0.2) is 0 Å². The first-order valence-corrected chi connectivity index (χ1v) is 10.0. The van der Waals surface area contributed by atoms with Crippen molar-refractivity contribution in [1.82, 2.24) is 9.80 Å². The van der Waals surface area contributed by atoms with Crippen LogP contribution in [0.3, 0.4) is 0 Å². The number of methoxy groups -OCH3 is 1. The van der Waals surface area contributed by atoms with Crippen LogP contribution in [0.15, 0.2) is 18.2 Å². The maximum absolute atomic E-state index is 13.0. The number of hydrogen-bond donors (Lipinski definition) is 0. The third kappa shape index (κ3) is 3.57. The summed E-state index contributed by atoms with van der Waals surface area (Å²) in [5, 5.41) is 0. The van der Waals surface area contributed by atoms with Crippen molar-refractivity contribution in [3.63, 3.8) is 0 Å². The zero-order valence-corrected chi connectivity index (χ0v) is 16.5. The molecule has 1 aliphatic carbocycles. The lowest BCUT2D eigenvalue weighted by atomic mass is 10.1. The molecular formula is C21H27N3O4. The minimum Gasteiger partial charge on any atom is -0.495 e. The van der Waals surface area contributed by atoms with Gasteiger partial charge in [-0.2, -0.15) is 0 Å². The summed E-state index contributed by atoms with van der Waals surface area (Å²) >= 11 is 0. The Morgan fingerprint density at radius 2 is 1.61 bits per heavy atom. The highest BCUT2D eigenvalue weighted by molar-refractivity contribution is 6.01. The number of carbonyl (C=O) groups excluding carboxylic acids is 3. The van der Waals surface area contributed by atoms with E-state index in [0.717, 1.165) is 24.1 Å². The monoisotopic (exact) mass is 385 g/mol. The van der Waals surface area contributed by atoms with Crippen molar-refractivity contribution in [2.75, 3.05) is 44.7 Å². The van der Waals surface area contributed by atoms with Gasteiger partial charge < -0.3 is 19.4 Å². The average molecular weight is 385 g/mol. The molecule has 2 heterocycles. The van der Waals surface area contributed by atoms with Crippen molar-refractivity contribution in [1.29, 1.82) is 0 Å². The second-order valence-electron chi connectivity index (χ2n) is 8.01. The highest BCUT2D eigenvalue weighted by Gasteiger charge is 2.40. The fourth-order valence-corrected chi connectivity index (χ4v) is 4.11. The smallest absolute Gasteiger partial charge is 0.228 e. The average Bonchev–Trinajstić information content (AvgIpc) is 3.49. The van der Waals surface area contributed by atoms with E-state index in [1.807, 2.05) is 34.9 Å². The van der Waals surface area contributed by atoms with Gasteiger partial charge in [-0.25, -0.2) is 0 Å². The first-order chi connectivity index (χ1) is 13.5. The number of carbonyl (C=O) groups is 3. The van der Waals surface area contributed by atoms with Crippen molar-refractivity contribution >= 4 is 23.4 Å². The summed E-state index contributed by atoms with van der Waals surface area (Å²) in [6.45, 7) is 4.63. The van der Waals surface area contributed by atoms with E-state index >= 15 is 0 Å². The molecular weight excluding hydrogens is 358 g/mol.